The summed E-state index contributed by atoms with van der Waals surface area (Å²) in [6.45, 7) is 8.05. The lowest BCUT2D eigenvalue weighted by atomic mass is 9.78. The van der Waals surface area contributed by atoms with Crippen LogP contribution in [0.2, 0.25) is 0 Å². The number of hydrogen-bond acceptors (Lipinski definition) is 2. The second kappa shape index (κ2) is 4.30. The molecule has 1 amide bonds. The molecule has 0 saturated carbocycles. The van der Waals surface area contributed by atoms with Gasteiger partial charge in [0.05, 0.1) is 6.04 Å². The van der Waals surface area contributed by atoms with Gasteiger partial charge in [-0.2, -0.15) is 0 Å². The molecular weight excluding hydrogens is 176 g/mol. The normalized spacial score (nSPS) is 23.3. The summed E-state index contributed by atoms with van der Waals surface area (Å²) >= 11 is 0. The molecule has 2 N–H and O–H groups in total. The van der Waals surface area contributed by atoms with E-state index in [9.17, 15) is 4.79 Å². The third-order valence-corrected chi connectivity index (χ3v) is 3.53. The van der Waals surface area contributed by atoms with Crippen LogP contribution in [0.15, 0.2) is 0 Å². The van der Waals surface area contributed by atoms with Crippen molar-refractivity contribution < 1.29 is 4.79 Å². The number of likely N-dealkylation sites (tertiary alicyclic amines) is 1. The molecule has 1 atom stereocenters. The molecule has 0 aliphatic carbocycles. The van der Waals surface area contributed by atoms with Gasteiger partial charge in [-0.1, -0.05) is 20.3 Å². The molecule has 1 saturated heterocycles. The fraction of sp³-hybridized carbons (Fsp3) is 0.909. The largest absolute Gasteiger partial charge is 0.341 e. The molecule has 1 fully saturated rings. The van der Waals surface area contributed by atoms with E-state index in [1.165, 1.54) is 6.42 Å². The minimum absolute atomic E-state index is 0.100. The highest BCUT2D eigenvalue weighted by Gasteiger charge is 2.30. The van der Waals surface area contributed by atoms with Gasteiger partial charge in [0.15, 0.2) is 0 Å². The molecule has 14 heavy (non-hydrogen) atoms. The number of amides is 1. The first-order chi connectivity index (χ1) is 6.48. The fourth-order valence-corrected chi connectivity index (χ4v) is 1.91. The molecule has 0 aromatic carbocycles. The number of carbonyl (C=O) groups is 1. The third-order valence-electron chi connectivity index (χ3n) is 3.53. The van der Waals surface area contributed by atoms with E-state index < -0.39 is 0 Å². The van der Waals surface area contributed by atoms with Crippen LogP contribution in [0.3, 0.4) is 0 Å². The molecule has 1 aliphatic rings. The topological polar surface area (TPSA) is 46.3 Å². The molecule has 3 nitrogen and oxygen atoms in total. The van der Waals surface area contributed by atoms with Crippen LogP contribution >= 0.6 is 0 Å². The second-order valence-electron chi connectivity index (χ2n) is 4.78. The Bertz CT molecular complexity index is 205. The lowest BCUT2D eigenvalue weighted by molar-refractivity contribution is -0.134. The summed E-state index contributed by atoms with van der Waals surface area (Å²) in [5, 5.41) is 0. The van der Waals surface area contributed by atoms with Crippen LogP contribution in [-0.2, 0) is 4.79 Å². The predicted octanol–water partition coefficient (Wildman–Crippen LogP) is 1.37. The van der Waals surface area contributed by atoms with Gasteiger partial charge in [0.1, 0.15) is 0 Å². The average molecular weight is 198 g/mol. The zero-order chi connectivity index (χ0) is 10.8. The SMILES string of the molecule is CCC1(C)CCN(C(=O)[C@H](C)N)CC1. The lowest BCUT2D eigenvalue weighted by Gasteiger charge is -2.39. The van der Waals surface area contributed by atoms with E-state index in [-0.39, 0.29) is 11.9 Å². The number of hydrogen-bond donors (Lipinski definition) is 1. The Morgan fingerprint density at radius 1 is 1.50 bits per heavy atom. The van der Waals surface area contributed by atoms with Crippen LogP contribution in [0.5, 0.6) is 0 Å². The van der Waals surface area contributed by atoms with Crippen LogP contribution in [-0.4, -0.2) is 29.9 Å². The zero-order valence-electron chi connectivity index (χ0n) is 9.55. The molecule has 0 aromatic heterocycles. The molecule has 0 bridgehead atoms. The molecule has 3 heteroatoms. The smallest absolute Gasteiger partial charge is 0.239 e. The van der Waals surface area contributed by atoms with Gasteiger partial charge in [0.25, 0.3) is 0 Å². The van der Waals surface area contributed by atoms with Gasteiger partial charge in [-0.15, -0.1) is 0 Å². The van der Waals surface area contributed by atoms with E-state index in [0.717, 1.165) is 25.9 Å². The minimum Gasteiger partial charge on any atom is -0.341 e. The van der Waals surface area contributed by atoms with Crippen LogP contribution in [0.1, 0.15) is 40.0 Å². The Morgan fingerprint density at radius 2 is 2.00 bits per heavy atom. The number of nitrogens with zero attached hydrogens (tertiary/aromatic N) is 1. The first-order valence-corrected chi connectivity index (χ1v) is 5.53. The molecule has 1 heterocycles. The van der Waals surface area contributed by atoms with E-state index in [4.69, 9.17) is 5.73 Å². The average Bonchev–Trinajstić information content (AvgIpc) is 2.18. The molecule has 1 aliphatic heterocycles. The van der Waals surface area contributed by atoms with Crippen LogP contribution < -0.4 is 5.73 Å². The van der Waals surface area contributed by atoms with Crippen molar-refractivity contribution in [1.82, 2.24) is 4.90 Å². The van der Waals surface area contributed by atoms with Crippen molar-refractivity contribution in [2.45, 2.75) is 46.1 Å². The zero-order valence-corrected chi connectivity index (χ0v) is 9.55. The Morgan fingerprint density at radius 3 is 2.36 bits per heavy atom. The minimum atomic E-state index is -0.346. The highest BCUT2D eigenvalue weighted by atomic mass is 16.2. The van der Waals surface area contributed by atoms with Crippen LogP contribution in [0.4, 0.5) is 0 Å². The molecule has 0 spiro atoms. The summed E-state index contributed by atoms with van der Waals surface area (Å²) in [7, 11) is 0. The van der Waals surface area contributed by atoms with Gasteiger partial charge in [0, 0.05) is 13.1 Å². The predicted molar refractivity (Wildman–Crippen MR) is 57.9 cm³/mol. The molecule has 0 aromatic rings. The Hall–Kier alpha value is -0.570. The van der Waals surface area contributed by atoms with Crippen molar-refractivity contribution in [2.24, 2.45) is 11.1 Å². The summed E-state index contributed by atoms with van der Waals surface area (Å²) in [6.07, 6.45) is 3.43. The number of rotatable bonds is 2. The van der Waals surface area contributed by atoms with Gasteiger partial charge in [-0.3, -0.25) is 4.79 Å². The van der Waals surface area contributed by atoms with Crippen molar-refractivity contribution in [3.8, 4) is 0 Å². The van der Waals surface area contributed by atoms with E-state index in [2.05, 4.69) is 13.8 Å². The van der Waals surface area contributed by atoms with Gasteiger partial charge in [-0.05, 0) is 25.2 Å². The number of carbonyl (C=O) groups excluding carboxylic acids is 1. The Labute approximate surface area is 86.6 Å². The quantitative estimate of drug-likeness (QED) is 0.728. The maximum absolute atomic E-state index is 11.6. The van der Waals surface area contributed by atoms with Crippen molar-refractivity contribution in [1.29, 1.82) is 0 Å². The van der Waals surface area contributed by atoms with Crippen LogP contribution in [0.25, 0.3) is 0 Å². The first kappa shape index (κ1) is 11.5. The van der Waals surface area contributed by atoms with Crippen molar-refractivity contribution in [3.05, 3.63) is 0 Å². The summed E-state index contributed by atoms with van der Waals surface area (Å²) in [4.78, 5) is 13.5. The van der Waals surface area contributed by atoms with E-state index >= 15 is 0 Å². The van der Waals surface area contributed by atoms with E-state index in [1.54, 1.807) is 6.92 Å². The summed E-state index contributed by atoms with van der Waals surface area (Å²) < 4.78 is 0. The Kier molecular flexibility index (Phi) is 3.53. The van der Waals surface area contributed by atoms with Gasteiger partial charge in [-0.25, -0.2) is 0 Å². The monoisotopic (exact) mass is 198 g/mol. The van der Waals surface area contributed by atoms with Crippen molar-refractivity contribution in [3.63, 3.8) is 0 Å². The summed E-state index contributed by atoms with van der Waals surface area (Å²) in [5.74, 6) is 0.100. The number of nitrogens with two attached hydrogens (primary N) is 1. The molecule has 1 rings (SSSR count). The van der Waals surface area contributed by atoms with Gasteiger partial charge < -0.3 is 10.6 Å². The van der Waals surface area contributed by atoms with Crippen LogP contribution in [0, 0.1) is 5.41 Å². The van der Waals surface area contributed by atoms with Crippen molar-refractivity contribution >= 4 is 5.91 Å². The first-order valence-electron chi connectivity index (χ1n) is 5.53. The molecule has 82 valence electrons. The van der Waals surface area contributed by atoms with E-state index in [0.29, 0.717) is 5.41 Å². The third kappa shape index (κ3) is 2.47. The maximum Gasteiger partial charge on any atom is 0.239 e. The van der Waals surface area contributed by atoms with E-state index in [1.807, 2.05) is 4.90 Å². The van der Waals surface area contributed by atoms with Crippen molar-refractivity contribution in [2.75, 3.05) is 13.1 Å². The second-order valence-corrected chi connectivity index (χ2v) is 4.78. The standard InChI is InChI=1S/C11H22N2O/c1-4-11(3)5-7-13(8-6-11)10(14)9(2)12/h9H,4-8,12H2,1-3H3/t9-/m0/s1. The molecule has 0 radical (unpaired) electrons. The number of piperidine rings is 1. The van der Waals surface area contributed by atoms with Gasteiger partial charge >= 0.3 is 0 Å². The molecule has 0 unspecified atom stereocenters. The summed E-state index contributed by atoms with van der Waals surface area (Å²) in [6, 6.07) is -0.346. The molecular formula is C11H22N2O. The highest BCUT2D eigenvalue weighted by Crippen LogP contribution is 2.33. The highest BCUT2D eigenvalue weighted by molar-refractivity contribution is 5.81. The summed E-state index contributed by atoms with van der Waals surface area (Å²) in [5.41, 5.74) is 6.01. The fourth-order valence-electron chi connectivity index (χ4n) is 1.91. The Balaban J connectivity index is 2.47. The van der Waals surface area contributed by atoms with Gasteiger partial charge in [0.2, 0.25) is 5.91 Å². The maximum atomic E-state index is 11.6. The lowest BCUT2D eigenvalue weighted by Crippen LogP contribution is -2.47.